The van der Waals surface area contributed by atoms with Crippen molar-refractivity contribution in [2.75, 3.05) is 12.3 Å². The van der Waals surface area contributed by atoms with Crippen LogP contribution in [0.3, 0.4) is 0 Å². The molecule has 3 nitrogen and oxygen atoms in total. The molecule has 4 heteroatoms. The zero-order valence-corrected chi connectivity index (χ0v) is 12.9. The maximum absolute atomic E-state index is 9.20. The van der Waals surface area contributed by atoms with Gasteiger partial charge in [-0.3, -0.25) is 5.32 Å². The lowest BCUT2D eigenvalue weighted by Crippen LogP contribution is -2.40. The summed E-state index contributed by atoms with van der Waals surface area (Å²) in [5.41, 5.74) is 0.792. The highest BCUT2D eigenvalue weighted by Gasteiger charge is 2.21. The number of benzene rings is 1. The molecule has 0 bridgehead atoms. The van der Waals surface area contributed by atoms with Crippen LogP contribution >= 0.6 is 11.8 Å². The monoisotopic (exact) mass is 287 g/mol. The molecule has 20 heavy (non-hydrogen) atoms. The van der Waals surface area contributed by atoms with E-state index in [4.69, 9.17) is 0 Å². The van der Waals surface area contributed by atoms with E-state index in [0.717, 1.165) is 25.1 Å². The molecule has 0 amide bonds. The van der Waals surface area contributed by atoms with Gasteiger partial charge < -0.3 is 4.98 Å². The standard InChI is InChI=1S/C16H21N3S/c1-3-18-16(2,12-17)9-6-10-20-15-11-13-7-4-5-8-14(13)19-15/h4-5,7-8,11,18-19H,3,6,9-10H2,1-2H3. The van der Waals surface area contributed by atoms with Gasteiger partial charge in [-0.15, -0.1) is 11.8 Å². The minimum absolute atomic E-state index is 0.393. The predicted molar refractivity (Wildman–Crippen MR) is 86.0 cm³/mol. The number of hydrogen-bond donors (Lipinski definition) is 2. The van der Waals surface area contributed by atoms with Gasteiger partial charge in [0.1, 0.15) is 5.54 Å². The van der Waals surface area contributed by atoms with E-state index >= 15 is 0 Å². The molecule has 1 aromatic heterocycles. The molecular weight excluding hydrogens is 266 g/mol. The van der Waals surface area contributed by atoms with Gasteiger partial charge in [0.05, 0.1) is 11.1 Å². The van der Waals surface area contributed by atoms with Gasteiger partial charge in [0.25, 0.3) is 0 Å². The molecule has 2 aromatic rings. The molecule has 0 fully saturated rings. The lowest BCUT2D eigenvalue weighted by molar-refractivity contribution is 0.426. The van der Waals surface area contributed by atoms with Gasteiger partial charge in [-0.05, 0) is 44.2 Å². The summed E-state index contributed by atoms with van der Waals surface area (Å²) in [5.74, 6) is 1.02. The van der Waals surface area contributed by atoms with Gasteiger partial charge >= 0.3 is 0 Å². The summed E-state index contributed by atoms with van der Waals surface area (Å²) in [6, 6.07) is 12.9. The Morgan fingerprint density at radius 3 is 2.90 bits per heavy atom. The van der Waals surface area contributed by atoms with E-state index in [-0.39, 0.29) is 0 Å². The molecule has 0 spiro atoms. The van der Waals surface area contributed by atoms with Crippen molar-refractivity contribution in [1.29, 1.82) is 5.26 Å². The summed E-state index contributed by atoms with van der Waals surface area (Å²) >= 11 is 1.82. The number of aromatic amines is 1. The molecule has 0 saturated heterocycles. The quantitative estimate of drug-likeness (QED) is 0.599. The summed E-state index contributed by atoms with van der Waals surface area (Å²) in [6.07, 6.45) is 1.90. The second-order valence-corrected chi connectivity index (χ2v) is 6.28. The Hall–Kier alpha value is -1.44. The molecule has 0 saturated carbocycles. The number of aromatic nitrogens is 1. The van der Waals surface area contributed by atoms with E-state index in [1.54, 1.807) is 0 Å². The van der Waals surface area contributed by atoms with Crippen molar-refractivity contribution in [1.82, 2.24) is 10.3 Å². The fourth-order valence-electron chi connectivity index (χ4n) is 2.31. The van der Waals surface area contributed by atoms with Crippen LogP contribution < -0.4 is 5.32 Å². The van der Waals surface area contributed by atoms with Crippen LogP contribution in [0.2, 0.25) is 0 Å². The Morgan fingerprint density at radius 1 is 1.40 bits per heavy atom. The van der Waals surface area contributed by atoms with Crippen LogP contribution in [0.5, 0.6) is 0 Å². The fourth-order valence-corrected chi connectivity index (χ4v) is 3.21. The summed E-state index contributed by atoms with van der Waals surface area (Å²) in [7, 11) is 0. The van der Waals surface area contributed by atoms with Crippen molar-refractivity contribution in [3.05, 3.63) is 30.3 Å². The Balaban J connectivity index is 1.83. The zero-order chi connectivity index (χ0) is 14.4. The van der Waals surface area contributed by atoms with E-state index in [1.807, 2.05) is 31.7 Å². The van der Waals surface area contributed by atoms with Gasteiger partial charge in [-0.2, -0.15) is 5.26 Å². The van der Waals surface area contributed by atoms with Gasteiger partial charge in [-0.25, -0.2) is 0 Å². The molecule has 106 valence electrons. The second kappa shape index (κ2) is 6.83. The van der Waals surface area contributed by atoms with Crippen molar-refractivity contribution in [2.45, 2.75) is 37.3 Å². The number of hydrogen-bond acceptors (Lipinski definition) is 3. The van der Waals surface area contributed by atoms with Crippen LogP contribution in [0.4, 0.5) is 0 Å². The molecule has 1 heterocycles. The minimum atomic E-state index is -0.393. The van der Waals surface area contributed by atoms with E-state index in [9.17, 15) is 5.26 Å². The first-order valence-electron chi connectivity index (χ1n) is 7.04. The first-order valence-corrected chi connectivity index (χ1v) is 8.02. The van der Waals surface area contributed by atoms with E-state index < -0.39 is 5.54 Å². The summed E-state index contributed by atoms with van der Waals surface area (Å²) in [6.45, 7) is 4.85. The molecule has 1 unspecified atom stereocenters. The Kier molecular flexibility index (Phi) is 5.11. The molecule has 1 aromatic carbocycles. The maximum atomic E-state index is 9.20. The highest BCUT2D eigenvalue weighted by Crippen LogP contribution is 2.24. The number of para-hydroxylation sites is 1. The lowest BCUT2D eigenvalue weighted by atomic mass is 9.98. The number of nitriles is 1. The molecule has 0 aliphatic rings. The van der Waals surface area contributed by atoms with E-state index in [1.165, 1.54) is 15.9 Å². The Morgan fingerprint density at radius 2 is 2.20 bits per heavy atom. The number of nitrogens with zero attached hydrogens (tertiary/aromatic N) is 1. The topological polar surface area (TPSA) is 51.6 Å². The third-order valence-electron chi connectivity index (χ3n) is 3.40. The number of fused-ring (bicyclic) bond motifs is 1. The molecule has 2 N–H and O–H groups in total. The second-order valence-electron chi connectivity index (χ2n) is 5.15. The van der Waals surface area contributed by atoms with Crippen molar-refractivity contribution in [3.63, 3.8) is 0 Å². The molecule has 0 radical (unpaired) electrons. The van der Waals surface area contributed by atoms with Crippen LogP contribution in [0, 0.1) is 11.3 Å². The fraction of sp³-hybridized carbons (Fsp3) is 0.438. The third-order valence-corrected chi connectivity index (χ3v) is 4.42. The lowest BCUT2D eigenvalue weighted by Gasteiger charge is -2.22. The number of nitrogens with one attached hydrogen (secondary N) is 2. The molecule has 0 aliphatic heterocycles. The average molecular weight is 287 g/mol. The smallest absolute Gasteiger partial charge is 0.103 e. The van der Waals surface area contributed by atoms with Crippen molar-refractivity contribution in [3.8, 4) is 6.07 Å². The number of thioether (sulfide) groups is 1. The van der Waals surface area contributed by atoms with Gasteiger partial charge in [0.2, 0.25) is 0 Å². The van der Waals surface area contributed by atoms with Gasteiger partial charge in [-0.1, -0.05) is 25.1 Å². The minimum Gasteiger partial charge on any atom is -0.350 e. The summed E-state index contributed by atoms with van der Waals surface area (Å²) in [4.78, 5) is 3.41. The van der Waals surface area contributed by atoms with Crippen molar-refractivity contribution in [2.24, 2.45) is 0 Å². The largest absolute Gasteiger partial charge is 0.350 e. The summed E-state index contributed by atoms with van der Waals surface area (Å²) in [5, 5.41) is 14.9. The molecule has 0 aliphatic carbocycles. The SMILES string of the molecule is CCNC(C)(C#N)CCCSc1cc2ccccc2[nH]1. The molecule has 2 rings (SSSR count). The van der Waals surface area contributed by atoms with Crippen LogP contribution in [0.1, 0.15) is 26.7 Å². The normalized spacial score (nSPS) is 14.1. The Bertz CT molecular complexity index is 566. The number of rotatable bonds is 7. The number of H-pyrrole nitrogens is 1. The average Bonchev–Trinajstić information content (AvgIpc) is 2.87. The van der Waals surface area contributed by atoms with E-state index in [0.29, 0.717) is 0 Å². The van der Waals surface area contributed by atoms with Crippen molar-refractivity contribution < 1.29 is 0 Å². The van der Waals surface area contributed by atoms with Crippen LogP contribution in [0.25, 0.3) is 10.9 Å². The van der Waals surface area contributed by atoms with Gasteiger partial charge in [0.15, 0.2) is 0 Å². The highest BCUT2D eigenvalue weighted by molar-refractivity contribution is 7.99. The van der Waals surface area contributed by atoms with Crippen LogP contribution in [-0.4, -0.2) is 22.8 Å². The maximum Gasteiger partial charge on any atom is 0.103 e. The Labute approximate surface area is 124 Å². The van der Waals surface area contributed by atoms with E-state index in [2.05, 4.69) is 40.6 Å². The van der Waals surface area contributed by atoms with Gasteiger partial charge in [0, 0.05) is 10.9 Å². The zero-order valence-electron chi connectivity index (χ0n) is 12.1. The molecule has 1 atom stereocenters. The predicted octanol–water partition coefficient (Wildman–Crippen LogP) is 3.93. The molecular formula is C16H21N3S. The van der Waals surface area contributed by atoms with Crippen molar-refractivity contribution >= 4 is 22.7 Å². The third kappa shape index (κ3) is 3.78. The first kappa shape index (κ1) is 15.0. The summed E-state index contributed by atoms with van der Waals surface area (Å²) < 4.78 is 0. The van der Waals surface area contributed by atoms with Crippen LogP contribution in [-0.2, 0) is 0 Å². The first-order chi connectivity index (χ1) is 9.67. The highest BCUT2D eigenvalue weighted by atomic mass is 32.2. The van der Waals surface area contributed by atoms with Crippen LogP contribution in [0.15, 0.2) is 35.4 Å².